The summed E-state index contributed by atoms with van der Waals surface area (Å²) in [5.41, 5.74) is 2.69. The molecular weight excluding hydrogens is 324 g/mol. The highest BCUT2D eigenvalue weighted by molar-refractivity contribution is 6.30. The van der Waals surface area contributed by atoms with E-state index in [1.807, 2.05) is 35.2 Å². The van der Waals surface area contributed by atoms with Gasteiger partial charge in [-0.15, -0.1) is 0 Å². The van der Waals surface area contributed by atoms with E-state index < -0.39 is 0 Å². The summed E-state index contributed by atoms with van der Waals surface area (Å²) in [6.45, 7) is 3.87. The highest BCUT2D eigenvalue weighted by atomic mass is 35.5. The average Bonchev–Trinajstić information content (AvgIpc) is 3.26. The molecule has 0 radical (unpaired) electrons. The van der Waals surface area contributed by atoms with Gasteiger partial charge in [-0.05, 0) is 49.4 Å². The summed E-state index contributed by atoms with van der Waals surface area (Å²) in [6, 6.07) is 9.29. The Balaban J connectivity index is 1.45. The number of aromatic amines is 1. The molecule has 0 saturated carbocycles. The van der Waals surface area contributed by atoms with E-state index in [-0.39, 0.29) is 5.91 Å². The topological polar surface area (TPSA) is 61.0 Å². The number of rotatable bonds is 2. The lowest BCUT2D eigenvalue weighted by molar-refractivity contribution is 0.0602. The van der Waals surface area contributed by atoms with Crippen molar-refractivity contribution in [3.63, 3.8) is 0 Å². The van der Waals surface area contributed by atoms with Crippen LogP contribution < -0.4 is 5.32 Å². The molecule has 0 atom stereocenters. The molecule has 6 heteroatoms. The number of likely N-dealkylation sites (tertiary alicyclic amines) is 1. The van der Waals surface area contributed by atoms with Gasteiger partial charge >= 0.3 is 0 Å². The first-order chi connectivity index (χ1) is 11.7. The third kappa shape index (κ3) is 2.94. The predicted molar refractivity (Wildman–Crippen MR) is 94.1 cm³/mol. The van der Waals surface area contributed by atoms with Crippen molar-refractivity contribution in [3.05, 3.63) is 41.0 Å². The molecule has 0 bridgehead atoms. The van der Waals surface area contributed by atoms with Gasteiger partial charge in [0.2, 0.25) is 0 Å². The van der Waals surface area contributed by atoms with Crippen LogP contribution >= 0.6 is 11.6 Å². The number of aromatic nitrogens is 2. The molecule has 0 aliphatic carbocycles. The lowest BCUT2D eigenvalue weighted by Gasteiger charge is -2.38. The number of benzene rings is 1. The zero-order valence-corrected chi connectivity index (χ0v) is 14.3. The fraction of sp³-hybridized carbons (Fsp3) is 0.444. The Kier molecular flexibility index (Phi) is 4.06. The number of carbonyl (C=O) groups is 1. The van der Waals surface area contributed by atoms with Gasteiger partial charge in [0, 0.05) is 30.2 Å². The van der Waals surface area contributed by atoms with Crippen molar-refractivity contribution < 1.29 is 4.79 Å². The van der Waals surface area contributed by atoms with Crippen LogP contribution in [0.1, 0.15) is 29.8 Å². The SMILES string of the molecule is O=C(c1cc(-c2ccc(Cl)cc2)n[nH]1)N1CCC2(CCNC2)CC1. The van der Waals surface area contributed by atoms with E-state index in [0.29, 0.717) is 16.1 Å². The second kappa shape index (κ2) is 6.22. The Hall–Kier alpha value is -1.85. The van der Waals surface area contributed by atoms with Gasteiger partial charge in [0.15, 0.2) is 0 Å². The smallest absolute Gasteiger partial charge is 0.271 e. The molecule has 2 fully saturated rings. The van der Waals surface area contributed by atoms with Crippen LogP contribution in [0.3, 0.4) is 0 Å². The van der Waals surface area contributed by atoms with E-state index in [1.165, 1.54) is 6.42 Å². The van der Waals surface area contributed by atoms with Crippen LogP contribution in [0.4, 0.5) is 0 Å². The van der Waals surface area contributed by atoms with Crippen molar-refractivity contribution in [2.24, 2.45) is 5.41 Å². The largest absolute Gasteiger partial charge is 0.337 e. The van der Waals surface area contributed by atoms with Gasteiger partial charge in [-0.1, -0.05) is 23.7 Å². The van der Waals surface area contributed by atoms with Crippen LogP contribution in [-0.2, 0) is 0 Å². The molecule has 2 aliphatic heterocycles. The molecule has 5 nitrogen and oxygen atoms in total. The van der Waals surface area contributed by atoms with E-state index >= 15 is 0 Å². The standard InChI is InChI=1S/C18H21ClN4O/c19-14-3-1-13(2-4-14)15-11-16(22-21-15)17(24)23-9-6-18(7-10-23)5-8-20-12-18/h1-4,11,20H,5-10,12H2,(H,21,22). The number of hydrogen-bond donors (Lipinski definition) is 2. The molecular formula is C18H21ClN4O. The Morgan fingerprint density at radius 2 is 1.92 bits per heavy atom. The molecule has 2 aliphatic rings. The second-order valence-electron chi connectivity index (χ2n) is 6.89. The summed E-state index contributed by atoms with van der Waals surface area (Å²) in [5.74, 6) is 0.0449. The molecule has 1 aromatic carbocycles. The minimum Gasteiger partial charge on any atom is -0.337 e. The summed E-state index contributed by atoms with van der Waals surface area (Å²) < 4.78 is 0. The average molecular weight is 345 g/mol. The molecule has 3 heterocycles. The molecule has 2 N–H and O–H groups in total. The third-order valence-electron chi connectivity index (χ3n) is 5.39. The number of piperidine rings is 1. The van der Waals surface area contributed by atoms with Gasteiger partial charge in [0.25, 0.3) is 5.91 Å². The van der Waals surface area contributed by atoms with Crippen LogP contribution in [0.2, 0.25) is 5.02 Å². The highest BCUT2D eigenvalue weighted by Crippen LogP contribution is 2.37. The minimum atomic E-state index is 0.0449. The van der Waals surface area contributed by atoms with Gasteiger partial charge in [-0.2, -0.15) is 5.10 Å². The Bertz CT molecular complexity index is 724. The number of nitrogens with one attached hydrogen (secondary N) is 2. The molecule has 126 valence electrons. The Morgan fingerprint density at radius 1 is 1.17 bits per heavy atom. The highest BCUT2D eigenvalue weighted by Gasteiger charge is 2.38. The summed E-state index contributed by atoms with van der Waals surface area (Å²) in [6.07, 6.45) is 3.41. The van der Waals surface area contributed by atoms with Crippen LogP contribution in [-0.4, -0.2) is 47.2 Å². The minimum absolute atomic E-state index is 0.0449. The maximum absolute atomic E-state index is 12.7. The zero-order valence-electron chi connectivity index (χ0n) is 13.5. The molecule has 1 spiro atoms. The lowest BCUT2D eigenvalue weighted by Crippen LogP contribution is -2.44. The van der Waals surface area contributed by atoms with Crippen molar-refractivity contribution in [1.29, 1.82) is 0 Å². The summed E-state index contributed by atoms with van der Waals surface area (Å²) in [7, 11) is 0. The number of nitrogens with zero attached hydrogens (tertiary/aromatic N) is 2. The first kappa shape index (κ1) is 15.7. The maximum Gasteiger partial charge on any atom is 0.271 e. The third-order valence-corrected chi connectivity index (χ3v) is 5.64. The van der Waals surface area contributed by atoms with E-state index in [1.54, 1.807) is 0 Å². The normalized spacial score (nSPS) is 19.8. The number of carbonyl (C=O) groups excluding carboxylic acids is 1. The second-order valence-corrected chi connectivity index (χ2v) is 7.33. The number of halogens is 1. The summed E-state index contributed by atoms with van der Waals surface area (Å²) in [5, 5.41) is 11.3. The van der Waals surface area contributed by atoms with Gasteiger partial charge in [0.05, 0.1) is 5.69 Å². The fourth-order valence-electron chi connectivity index (χ4n) is 3.78. The van der Waals surface area contributed by atoms with E-state index in [0.717, 1.165) is 50.3 Å². The first-order valence-corrected chi connectivity index (χ1v) is 8.84. The molecule has 2 saturated heterocycles. The van der Waals surface area contributed by atoms with Crippen molar-refractivity contribution in [2.75, 3.05) is 26.2 Å². The van der Waals surface area contributed by atoms with Gasteiger partial charge in [-0.25, -0.2) is 0 Å². The van der Waals surface area contributed by atoms with Crippen LogP contribution in [0, 0.1) is 5.41 Å². The number of H-pyrrole nitrogens is 1. The lowest BCUT2D eigenvalue weighted by atomic mass is 9.78. The van der Waals surface area contributed by atoms with E-state index in [2.05, 4.69) is 15.5 Å². The number of amides is 1. The molecule has 4 rings (SSSR count). The first-order valence-electron chi connectivity index (χ1n) is 8.47. The van der Waals surface area contributed by atoms with E-state index in [9.17, 15) is 4.79 Å². The maximum atomic E-state index is 12.7. The van der Waals surface area contributed by atoms with Gasteiger partial charge in [-0.3, -0.25) is 9.89 Å². The molecule has 0 unspecified atom stereocenters. The van der Waals surface area contributed by atoms with Crippen molar-refractivity contribution in [3.8, 4) is 11.3 Å². The molecule has 24 heavy (non-hydrogen) atoms. The van der Waals surface area contributed by atoms with Gasteiger partial charge < -0.3 is 10.2 Å². The van der Waals surface area contributed by atoms with Crippen molar-refractivity contribution in [1.82, 2.24) is 20.4 Å². The molecule has 2 aromatic rings. The fourth-order valence-corrected chi connectivity index (χ4v) is 3.90. The Labute approximate surface area is 146 Å². The zero-order chi connectivity index (χ0) is 16.6. The Morgan fingerprint density at radius 3 is 2.58 bits per heavy atom. The molecule has 1 aromatic heterocycles. The number of hydrogen-bond acceptors (Lipinski definition) is 3. The van der Waals surface area contributed by atoms with Crippen LogP contribution in [0.5, 0.6) is 0 Å². The predicted octanol–water partition coefficient (Wildman–Crippen LogP) is 2.95. The summed E-state index contributed by atoms with van der Waals surface area (Å²) >= 11 is 5.91. The summed E-state index contributed by atoms with van der Waals surface area (Å²) in [4.78, 5) is 14.7. The quantitative estimate of drug-likeness (QED) is 0.880. The van der Waals surface area contributed by atoms with Crippen LogP contribution in [0.15, 0.2) is 30.3 Å². The van der Waals surface area contributed by atoms with Gasteiger partial charge in [0.1, 0.15) is 5.69 Å². The van der Waals surface area contributed by atoms with Crippen molar-refractivity contribution >= 4 is 17.5 Å². The van der Waals surface area contributed by atoms with Crippen LogP contribution in [0.25, 0.3) is 11.3 Å². The monoisotopic (exact) mass is 344 g/mol. The molecule has 1 amide bonds. The van der Waals surface area contributed by atoms with E-state index in [4.69, 9.17) is 11.6 Å². The van der Waals surface area contributed by atoms with Crippen molar-refractivity contribution in [2.45, 2.75) is 19.3 Å².